The molecule has 0 atom stereocenters. The standard InChI is InChI=1S/C20H20N2O5/c1-3-10-26-16-6-4-5-7-17(16)27-12-18(23)21-13-8-9-14-15(11-13)20(25)22(2)19(14)24/h4-9,11H,3,10,12H2,1-2H3,(H,21,23). The fraction of sp³-hybridized carbons (Fsp3) is 0.250. The molecule has 1 N–H and O–H groups in total. The molecule has 0 aliphatic carbocycles. The summed E-state index contributed by atoms with van der Waals surface area (Å²) in [5.74, 6) is -0.0519. The summed E-state index contributed by atoms with van der Waals surface area (Å²) in [6.07, 6.45) is 0.865. The van der Waals surface area contributed by atoms with E-state index < -0.39 is 0 Å². The molecule has 0 radical (unpaired) electrons. The van der Waals surface area contributed by atoms with Crippen molar-refractivity contribution < 1.29 is 23.9 Å². The molecule has 7 heteroatoms. The molecule has 3 rings (SSSR count). The Kier molecular flexibility index (Phi) is 5.40. The van der Waals surface area contributed by atoms with Crippen molar-refractivity contribution in [2.24, 2.45) is 0 Å². The van der Waals surface area contributed by atoms with Gasteiger partial charge >= 0.3 is 0 Å². The normalized spacial score (nSPS) is 12.7. The third kappa shape index (κ3) is 3.92. The van der Waals surface area contributed by atoms with Crippen LogP contribution in [-0.4, -0.2) is 42.9 Å². The molecular formula is C20H20N2O5. The lowest BCUT2D eigenvalue weighted by Crippen LogP contribution is -2.24. The highest BCUT2D eigenvalue weighted by Gasteiger charge is 2.32. The second-order valence-corrected chi connectivity index (χ2v) is 6.06. The SMILES string of the molecule is CCCOc1ccccc1OCC(=O)Nc1ccc2c(c1)C(=O)N(C)C2=O. The number of para-hydroxylation sites is 2. The van der Waals surface area contributed by atoms with Crippen molar-refractivity contribution in [3.63, 3.8) is 0 Å². The number of nitrogens with one attached hydrogen (secondary N) is 1. The molecule has 1 aliphatic heterocycles. The first-order chi connectivity index (χ1) is 13.0. The predicted octanol–water partition coefficient (Wildman–Crippen LogP) is 2.72. The Labute approximate surface area is 156 Å². The molecule has 1 heterocycles. The van der Waals surface area contributed by atoms with Crippen LogP contribution in [0.1, 0.15) is 34.1 Å². The van der Waals surface area contributed by atoms with E-state index in [4.69, 9.17) is 9.47 Å². The molecule has 7 nitrogen and oxygen atoms in total. The van der Waals surface area contributed by atoms with Crippen molar-refractivity contribution in [1.29, 1.82) is 0 Å². The van der Waals surface area contributed by atoms with E-state index in [1.807, 2.05) is 13.0 Å². The molecule has 2 aromatic carbocycles. The number of fused-ring (bicyclic) bond motifs is 1. The summed E-state index contributed by atoms with van der Waals surface area (Å²) in [6.45, 7) is 2.35. The van der Waals surface area contributed by atoms with Crippen molar-refractivity contribution >= 4 is 23.4 Å². The van der Waals surface area contributed by atoms with Crippen LogP contribution in [0.3, 0.4) is 0 Å². The summed E-state index contributed by atoms with van der Waals surface area (Å²) in [5.41, 5.74) is 1.03. The van der Waals surface area contributed by atoms with Gasteiger partial charge in [0.25, 0.3) is 17.7 Å². The average Bonchev–Trinajstić information content (AvgIpc) is 2.89. The maximum Gasteiger partial charge on any atom is 0.262 e. The van der Waals surface area contributed by atoms with Gasteiger partial charge in [-0.25, -0.2) is 0 Å². The Morgan fingerprint density at radius 2 is 1.67 bits per heavy atom. The quantitative estimate of drug-likeness (QED) is 0.760. The number of nitrogens with zero attached hydrogens (tertiary/aromatic N) is 1. The highest BCUT2D eigenvalue weighted by Crippen LogP contribution is 2.27. The molecule has 0 bridgehead atoms. The highest BCUT2D eigenvalue weighted by atomic mass is 16.5. The molecule has 0 aromatic heterocycles. The summed E-state index contributed by atoms with van der Waals surface area (Å²) in [6, 6.07) is 11.7. The zero-order chi connectivity index (χ0) is 19.4. The van der Waals surface area contributed by atoms with Gasteiger partial charge in [-0.2, -0.15) is 0 Å². The predicted molar refractivity (Wildman–Crippen MR) is 99.2 cm³/mol. The third-order valence-corrected chi connectivity index (χ3v) is 4.04. The van der Waals surface area contributed by atoms with E-state index >= 15 is 0 Å². The first-order valence-electron chi connectivity index (χ1n) is 8.62. The zero-order valence-electron chi connectivity index (χ0n) is 15.2. The maximum absolute atomic E-state index is 12.2. The minimum atomic E-state index is -0.385. The number of hydrogen-bond donors (Lipinski definition) is 1. The first-order valence-corrected chi connectivity index (χ1v) is 8.62. The number of anilines is 1. The molecule has 3 amide bonds. The molecule has 0 fully saturated rings. The number of imide groups is 1. The number of carbonyl (C=O) groups is 3. The van der Waals surface area contributed by atoms with Gasteiger partial charge in [-0.15, -0.1) is 0 Å². The smallest absolute Gasteiger partial charge is 0.262 e. The second kappa shape index (κ2) is 7.90. The summed E-state index contributed by atoms with van der Waals surface area (Å²) in [7, 11) is 1.43. The Bertz CT molecular complexity index is 894. The van der Waals surface area contributed by atoms with Crippen molar-refractivity contribution in [2.75, 3.05) is 25.6 Å². The monoisotopic (exact) mass is 368 g/mol. The van der Waals surface area contributed by atoms with E-state index in [0.717, 1.165) is 11.3 Å². The summed E-state index contributed by atoms with van der Waals surface area (Å²) >= 11 is 0. The van der Waals surface area contributed by atoms with Crippen molar-refractivity contribution in [3.05, 3.63) is 53.6 Å². The van der Waals surface area contributed by atoms with Gasteiger partial charge in [-0.05, 0) is 36.8 Å². The minimum Gasteiger partial charge on any atom is -0.490 e. The lowest BCUT2D eigenvalue weighted by molar-refractivity contribution is -0.118. The average molecular weight is 368 g/mol. The molecule has 140 valence electrons. The van der Waals surface area contributed by atoms with Crippen LogP contribution in [-0.2, 0) is 4.79 Å². The van der Waals surface area contributed by atoms with Gasteiger partial charge in [0.15, 0.2) is 18.1 Å². The fourth-order valence-corrected chi connectivity index (χ4v) is 2.68. The van der Waals surface area contributed by atoms with Crippen molar-refractivity contribution in [1.82, 2.24) is 4.90 Å². The fourth-order valence-electron chi connectivity index (χ4n) is 2.68. The topological polar surface area (TPSA) is 84.9 Å². The molecule has 27 heavy (non-hydrogen) atoms. The van der Waals surface area contributed by atoms with Crippen molar-refractivity contribution in [3.8, 4) is 11.5 Å². The number of rotatable bonds is 7. The Morgan fingerprint density at radius 1 is 1.00 bits per heavy atom. The van der Waals surface area contributed by atoms with E-state index in [0.29, 0.717) is 29.4 Å². The Morgan fingerprint density at radius 3 is 2.37 bits per heavy atom. The molecule has 0 unspecified atom stereocenters. The number of amides is 3. The van der Waals surface area contributed by atoms with Gasteiger partial charge < -0.3 is 14.8 Å². The van der Waals surface area contributed by atoms with Gasteiger partial charge in [0.2, 0.25) is 0 Å². The molecule has 2 aromatic rings. The van der Waals surface area contributed by atoms with Crippen LogP contribution >= 0.6 is 0 Å². The van der Waals surface area contributed by atoms with Crippen molar-refractivity contribution in [2.45, 2.75) is 13.3 Å². The van der Waals surface area contributed by atoms with Gasteiger partial charge in [-0.1, -0.05) is 19.1 Å². The zero-order valence-corrected chi connectivity index (χ0v) is 15.2. The van der Waals surface area contributed by atoms with E-state index in [1.165, 1.54) is 19.2 Å². The summed E-state index contributed by atoms with van der Waals surface area (Å²) in [5, 5.41) is 2.67. The largest absolute Gasteiger partial charge is 0.490 e. The van der Waals surface area contributed by atoms with Crippen LogP contribution in [0.4, 0.5) is 5.69 Å². The Hall–Kier alpha value is -3.35. The third-order valence-electron chi connectivity index (χ3n) is 4.04. The van der Waals surface area contributed by atoms with Gasteiger partial charge in [0, 0.05) is 12.7 Å². The van der Waals surface area contributed by atoms with Crippen LogP contribution in [0, 0.1) is 0 Å². The molecule has 0 saturated heterocycles. The van der Waals surface area contributed by atoms with E-state index in [9.17, 15) is 14.4 Å². The summed E-state index contributed by atoms with van der Waals surface area (Å²) in [4.78, 5) is 37.2. The highest BCUT2D eigenvalue weighted by molar-refractivity contribution is 6.21. The van der Waals surface area contributed by atoms with Crippen LogP contribution in [0.25, 0.3) is 0 Å². The van der Waals surface area contributed by atoms with Crippen LogP contribution in [0.15, 0.2) is 42.5 Å². The number of benzene rings is 2. The first kappa shape index (κ1) is 18.4. The Balaban J connectivity index is 1.63. The summed E-state index contributed by atoms with van der Waals surface area (Å²) < 4.78 is 11.1. The van der Waals surface area contributed by atoms with Gasteiger partial charge in [0.1, 0.15) is 0 Å². The lowest BCUT2D eigenvalue weighted by Gasteiger charge is -2.12. The number of carbonyl (C=O) groups excluding carboxylic acids is 3. The number of ether oxygens (including phenoxy) is 2. The van der Waals surface area contributed by atoms with Gasteiger partial charge in [-0.3, -0.25) is 19.3 Å². The van der Waals surface area contributed by atoms with E-state index in [2.05, 4.69) is 5.32 Å². The molecule has 0 saturated carbocycles. The van der Waals surface area contributed by atoms with Gasteiger partial charge in [0.05, 0.1) is 17.7 Å². The second-order valence-electron chi connectivity index (χ2n) is 6.06. The number of hydrogen-bond acceptors (Lipinski definition) is 5. The maximum atomic E-state index is 12.2. The molecule has 0 spiro atoms. The minimum absolute atomic E-state index is 0.212. The van der Waals surface area contributed by atoms with E-state index in [1.54, 1.807) is 24.3 Å². The van der Waals surface area contributed by atoms with Crippen LogP contribution in [0.2, 0.25) is 0 Å². The van der Waals surface area contributed by atoms with Crippen LogP contribution < -0.4 is 14.8 Å². The molecular weight excluding hydrogens is 348 g/mol. The lowest BCUT2D eigenvalue weighted by atomic mass is 10.1. The molecule has 1 aliphatic rings. The van der Waals surface area contributed by atoms with Crippen LogP contribution in [0.5, 0.6) is 11.5 Å². The van der Waals surface area contributed by atoms with E-state index in [-0.39, 0.29) is 29.9 Å².